The summed E-state index contributed by atoms with van der Waals surface area (Å²) in [6.07, 6.45) is 0. The Morgan fingerprint density at radius 1 is 1.03 bits per heavy atom. The molecule has 0 spiro atoms. The highest BCUT2D eigenvalue weighted by Gasteiger charge is 2.13. The van der Waals surface area contributed by atoms with Crippen LogP contribution in [0.25, 0.3) is 10.2 Å². The van der Waals surface area contributed by atoms with Gasteiger partial charge in [-0.3, -0.25) is 4.79 Å². The molecule has 2 aromatic carbocycles. The Morgan fingerprint density at radius 3 is 2.48 bits per heavy atom. The molecular formula is C20H17F2N5OS. The number of anilines is 2. The second-order valence-electron chi connectivity index (χ2n) is 6.75. The fraction of sp³-hybridized carbons (Fsp3) is 0.200. The summed E-state index contributed by atoms with van der Waals surface area (Å²) in [7, 11) is 0. The molecule has 9 heteroatoms. The summed E-state index contributed by atoms with van der Waals surface area (Å²) in [5.74, 6) is -1.17. The van der Waals surface area contributed by atoms with Gasteiger partial charge in [0.1, 0.15) is 17.3 Å². The summed E-state index contributed by atoms with van der Waals surface area (Å²) >= 11 is 1.56. The third kappa shape index (κ3) is 4.00. The van der Waals surface area contributed by atoms with Crippen LogP contribution in [0.2, 0.25) is 0 Å². The Labute approximate surface area is 168 Å². The predicted octanol–water partition coefficient (Wildman–Crippen LogP) is 4.24. The summed E-state index contributed by atoms with van der Waals surface area (Å²) in [5.41, 5.74) is 2.66. The molecule has 0 saturated carbocycles. The number of hydrogen-bond donors (Lipinski definition) is 1. The van der Waals surface area contributed by atoms with Crippen molar-refractivity contribution in [3.63, 3.8) is 0 Å². The fourth-order valence-electron chi connectivity index (χ4n) is 3.03. The molecule has 4 aromatic rings. The average molecular weight is 413 g/mol. The lowest BCUT2D eigenvalue weighted by Crippen LogP contribution is -2.23. The van der Waals surface area contributed by atoms with Crippen LogP contribution in [0.5, 0.6) is 0 Å². The van der Waals surface area contributed by atoms with Crippen molar-refractivity contribution in [3.8, 4) is 0 Å². The molecule has 4 rings (SSSR count). The number of thiazole rings is 1. The van der Waals surface area contributed by atoms with E-state index in [1.807, 2.05) is 26.0 Å². The molecule has 6 nitrogen and oxygen atoms in total. The molecule has 0 bridgehead atoms. The van der Waals surface area contributed by atoms with E-state index in [9.17, 15) is 13.6 Å². The summed E-state index contributed by atoms with van der Waals surface area (Å²) < 4.78 is 29.6. The number of halogens is 2. The lowest BCUT2D eigenvalue weighted by atomic mass is 10.2. The van der Waals surface area contributed by atoms with Crippen molar-refractivity contribution in [1.29, 1.82) is 0 Å². The molecule has 0 amide bonds. The molecule has 0 radical (unpaired) electrons. The van der Waals surface area contributed by atoms with Crippen molar-refractivity contribution in [2.45, 2.75) is 27.3 Å². The van der Waals surface area contributed by atoms with Crippen LogP contribution in [0.4, 0.5) is 20.4 Å². The van der Waals surface area contributed by atoms with Gasteiger partial charge in [-0.05, 0) is 56.2 Å². The number of aromatic nitrogens is 4. The number of aryl methyl sites for hydroxylation is 3. The van der Waals surface area contributed by atoms with Crippen LogP contribution in [-0.2, 0) is 6.54 Å². The molecular weight excluding hydrogens is 396 g/mol. The van der Waals surface area contributed by atoms with E-state index in [0.717, 1.165) is 32.5 Å². The van der Waals surface area contributed by atoms with E-state index in [1.54, 1.807) is 18.3 Å². The van der Waals surface area contributed by atoms with Crippen molar-refractivity contribution >= 4 is 33.2 Å². The SMILES string of the molecule is Cc1nc2cc(C)c(Nc3nc(=O)c(C)nn3Cc3cc(F)cc(F)c3)cc2s1. The van der Waals surface area contributed by atoms with Gasteiger partial charge in [0.2, 0.25) is 5.95 Å². The molecule has 148 valence electrons. The maximum atomic E-state index is 13.6. The topological polar surface area (TPSA) is 72.7 Å². The van der Waals surface area contributed by atoms with Gasteiger partial charge in [0.15, 0.2) is 0 Å². The zero-order valence-electron chi connectivity index (χ0n) is 16.0. The zero-order chi connectivity index (χ0) is 20.7. The van der Waals surface area contributed by atoms with Crippen LogP contribution >= 0.6 is 11.3 Å². The van der Waals surface area contributed by atoms with Gasteiger partial charge in [-0.2, -0.15) is 10.1 Å². The first-order valence-corrected chi connectivity index (χ1v) is 9.66. The fourth-order valence-corrected chi connectivity index (χ4v) is 3.88. The minimum atomic E-state index is -0.679. The molecule has 0 atom stereocenters. The third-order valence-corrected chi connectivity index (χ3v) is 5.31. The summed E-state index contributed by atoms with van der Waals surface area (Å²) in [6.45, 7) is 5.45. The van der Waals surface area contributed by atoms with Gasteiger partial charge in [-0.1, -0.05) is 0 Å². The number of nitrogens with one attached hydrogen (secondary N) is 1. The highest BCUT2D eigenvalue weighted by atomic mass is 32.1. The Morgan fingerprint density at radius 2 is 1.76 bits per heavy atom. The van der Waals surface area contributed by atoms with Gasteiger partial charge in [0.25, 0.3) is 5.56 Å². The quantitative estimate of drug-likeness (QED) is 0.542. The van der Waals surface area contributed by atoms with Gasteiger partial charge in [0, 0.05) is 11.8 Å². The highest BCUT2D eigenvalue weighted by Crippen LogP contribution is 2.29. The zero-order valence-corrected chi connectivity index (χ0v) is 16.8. The normalized spacial score (nSPS) is 11.2. The smallest absolute Gasteiger partial charge is 0.296 e. The lowest BCUT2D eigenvalue weighted by Gasteiger charge is -2.15. The van der Waals surface area contributed by atoms with Crippen LogP contribution in [0.3, 0.4) is 0 Å². The van der Waals surface area contributed by atoms with Crippen molar-refractivity contribution in [2.24, 2.45) is 0 Å². The highest BCUT2D eigenvalue weighted by molar-refractivity contribution is 7.18. The molecule has 0 aliphatic carbocycles. The monoisotopic (exact) mass is 413 g/mol. The molecule has 0 saturated heterocycles. The number of hydrogen-bond acceptors (Lipinski definition) is 6. The minimum Gasteiger partial charge on any atom is -0.324 e. The first-order valence-electron chi connectivity index (χ1n) is 8.84. The average Bonchev–Trinajstić information content (AvgIpc) is 2.97. The number of fused-ring (bicyclic) bond motifs is 1. The van der Waals surface area contributed by atoms with E-state index in [4.69, 9.17) is 0 Å². The van der Waals surface area contributed by atoms with Crippen molar-refractivity contribution < 1.29 is 8.78 Å². The first-order chi connectivity index (χ1) is 13.8. The van der Waals surface area contributed by atoms with E-state index in [1.165, 1.54) is 16.8 Å². The van der Waals surface area contributed by atoms with Gasteiger partial charge in [-0.25, -0.2) is 18.4 Å². The molecule has 0 aliphatic rings. The summed E-state index contributed by atoms with van der Waals surface area (Å²) in [4.78, 5) is 20.6. The van der Waals surface area contributed by atoms with Gasteiger partial charge < -0.3 is 5.32 Å². The Hall–Kier alpha value is -3.20. The molecule has 0 aliphatic heterocycles. The molecule has 0 fully saturated rings. The van der Waals surface area contributed by atoms with E-state index < -0.39 is 17.2 Å². The Bertz CT molecular complexity index is 1280. The van der Waals surface area contributed by atoms with E-state index in [0.29, 0.717) is 5.56 Å². The molecule has 0 unspecified atom stereocenters. The van der Waals surface area contributed by atoms with Crippen LogP contribution in [0.15, 0.2) is 35.1 Å². The summed E-state index contributed by atoms with van der Waals surface area (Å²) in [6, 6.07) is 7.14. The first kappa shape index (κ1) is 19.1. The maximum Gasteiger partial charge on any atom is 0.296 e. The second kappa shape index (κ2) is 7.32. The van der Waals surface area contributed by atoms with Crippen molar-refractivity contribution in [1.82, 2.24) is 19.7 Å². The largest absolute Gasteiger partial charge is 0.324 e. The minimum absolute atomic E-state index is 0.0477. The van der Waals surface area contributed by atoms with Gasteiger partial charge >= 0.3 is 0 Å². The van der Waals surface area contributed by atoms with Crippen LogP contribution in [0, 0.1) is 32.4 Å². The molecule has 2 aromatic heterocycles. The third-order valence-electron chi connectivity index (χ3n) is 4.37. The van der Waals surface area contributed by atoms with E-state index in [-0.39, 0.29) is 18.2 Å². The van der Waals surface area contributed by atoms with Crippen LogP contribution < -0.4 is 10.9 Å². The van der Waals surface area contributed by atoms with Crippen molar-refractivity contribution in [3.05, 3.63) is 74.1 Å². The van der Waals surface area contributed by atoms with E-state index in [2.05, 4.69) is 20.4 Å². The predicted molar refractivity (Wildman–Crippen MR) is 109 cm³/mol. The van der Waals surface area contributed by atoms with E-state index >= 15 is 0 Å². The Balaban J connectivity index is 1.76. The lowest BCUT2D eigenvalue weighted by molar-refractivity contribution is 0.571. The van der Waals surface area contributed by atoms with Gasteiger partial charge in [0.05, 0.1) is 21.8 Å². The van der Waals surface area contributed by atoms with Crippen LogP contribution in [0.1, 0.15) is 21.8 Å². The number of nitrogens with zero attached hydrogens (tertiary/aromatic N) is 4. The van der Waals surface area contributed by atoms with Crippen molar-refractivity contribution in [2.75, 3.05) is 5.32 Å². The summed E-state index contributed by atoms with van der Waals surface area (Å²) in [5, 5.41) is 8.34. The Kier molecular flexibility index (Phi) is 4.83. The van der Waals surface area contributed by atoms with Crippen LogP contribution in [-0.4, -0.2) is 19.7 Å². The number of benzene rings is 2. The molecule has 2 heterocycles. The number of rotatable bonds is 4. The maximum absolute atomic E-state index is 13.6. The standard InChI is InChI=1S/C20H17F2N5OS/c1-10-4-17-18(29-12(3)23-17)8-16(10)24-20-25-19(28)11(2)26-27(20)9-13-5-14(21)7-15(22)6-13/h4-8H,9H2,1-3H3,(H,24,25,28). The molecule has 29 heavy (non-hydrogen) atoms. The second-order valence-corrected chi connectivity index (χ2v) is 7.99. The van der Waals surface area contributed by atoms with Gasteiger partial charge in [-0.15, -0.1) is 11.3 Å². The molecule has 1 N–H and O–H groups in total.